The number of nitrogens with zero attached hydrogens (tertiary/aromatic N) is 2. The van der Waals surface area contributed by atoms with E-state index in [1.54, 1.807) is 42.5 Å². The maximum Gasteiger partial charge on any atom is 0.301 e. The number of benzene rings is 3. The van der Waals surface area contributed by atoms with Crippen LogP contribution >= 0.6 is 11.3 Å². The molecule has 206 valence electrons. The summed E-state index contributed by atoms with van der Waals surface area (Å²) < 4.78 is 17.5. The third-order valence-corrected chi connectivity index (χ3v) is 7.79. The maximum absolute atomic E-state index is 13.6. The van der Waals surface area contributed by atoms with Gasteiger partial charge in [0.2, 0.25) is 0 Å². The zero-order chi connectivity index (χ0) is 28.6. The predicted octanol–water partition coefficient (Wildman–Crippen LogP) is 6.35. The van der Waals surface area contributed by atoms with Crippen LogP contribution in [0.3, 0.4) is 0 Å². The third-order valence-electron chi connectivity index (χ3n) is 6.79. The van der Waals surface area contributed by atoms with Crippen molar-refractivity contribution in [3.8, 4) is 17.2 Å². The van der Waals surface area contributed by atoms with Gasteiger partial charge in [-0.2, -0.15) is 0 Å². The number of Topliss-reactive ketones (excluding diaryl/α,β-unsaturated/α-hetero) is 1. The van der Waals surface area contributed by atoms with E-state index in [1.807, 2.05) is 32.9 Å². The van der Waals surface area contributed by atoms with Gasteiger partial charge in [0, 0.05) is 5.56 Å². The van der Waals surface area contributed by atoms with Crippen molar-refractivity contribution in [2.75, 3.05) is 25.7 Å². The molecule has 3 aromatic carbocycles. The minimum atomic E-state index is -0.946. The van der Waals surface area contributed by atoms with Crippen LogP contribution in [-0.2, 0) is 9.59 Å². The predicted molar refractivity (Wildman–Crippen MR) is 156 cm³/mol. The fourth-order valence-electron chi connectivity index (χ4n) is 4.91. The Morgan fingerprint density at radius 2 is 1.73 bits per heavy atom. The van der Waals surface area contributed by atoms with E-state index in [2.05, 4.69) is 0 Å². The number of aliphatic hydroxyl groups excluding tert-OH is 1. The van der Waals surface area contributed by atoms with Crippen LogP contribution < -0.4 is 19.1 Å². The van der Waals surface area contributed by atoms with E-state index in [1.165, 1.54) is 30.5 Å². The summed E-state index contributed by atoms with van der Waals surface area (Å²) in [6, 6.07) is 15.1. The zero-order valence-electron chi connectivity index (χ0n) is 23.0. The number of carbonyl (C=O) groups excluding carboxylic acids is 2. The van der Waals surface area contributed by atoms with E-state index in [9.17, 15) is 14.7 Å². The van der Waals surface area contributed by atoms with Crippen molar-refractivity contribution in [2.45, 2.75) is 33.2 Å². The molecule has 1 aromatic heterocycles. The van der Waals surface area contributed by atoms with Gasteiger partial charge in [-0.1, -0.05) is 30.4 Å². The molecule has 1 N–H and O–H groups in total. The third kappa shape index (κ3) is 4.77. The SMILES string of the molecule is CCCOc1ccc(/C(O)=C2\C(=O)C(=O)N(c3nc4c(C)cc(C)cc4s3)C2c2ccc(OC)c(OC)c2)cc1. The molecule has 5 rings (SSSR count). The van der Waals surface area contributed by atoms with Crippen molar-refractivity contribution >= 4 is 44.1 Å². The quantitative estimate of drug-likeness (QED) is 0.153. The normalized spacial score (nSPS) is 16.5. The molecule has 0 spiro atoms. The molecule has 0 radical (unpaired) electrons. The summed E-state index contributed by atoms with van der Waals surface area (Å²) in [5.74, 6) is -0.268. The van der Waals surface area contributed by atoms with Crippen LogP contribution in [0, 0.1) is 13.8 Å². The van der Waals surface area contributed by atoms with Crippen molar-refractivity contribution in [1.29, 1.82) is 0 Å². The van der Waals surface area contributed by atoms with Gasteiger partial charge in [-0.15, -0.1) is 0 Å². The van der Waals surface area contributed by atoms with Gasteiger partial charge in [0.1, 0.15) is 11.5 Å². The molecule has 0 aliphatic carbocycles. The van der Waals surface area contributed by atoms with E-state index in [0.717, 1.165) is 27.8 Å². The Balaban J connectivity index is 1.70. The Labute approximate surface area is 236 Å². The number of thiazole rings is 1. The van der Waals surface area contributed by atoms with E-state index in [0.29, 0.717) is 40.1 Å². The van der Waals surface area contributed by atoms with Crippen molar-refractivity contribution in [3.63, 3.8) is 0 Å². The summed E-state index contributed by atoms with van der Waals surface area (Å²) in [4.78, 5) is 33.4. The smallest absolute Gasteiger partial charge is 0.301 e. The summed E-state index contributed by atoms with van der Waals surface area (Å²) in [5.41, 5.74) is 3.73. The van der Waals surface area contributed by atoms with Crippen LogP contribution in [0.15, 0.2) is 60.2 Å². The highest BCUT2D eigenvalue weighted by atomic mass is 32.1. The molecular formula is C31H30N2O6S. The lowest BCUT2D eigenvalue weighted by Gasteiger charge is -2.23. The van der Waals surface area contributed by atoms with E-state index in [-0.39, 0.29) is 11.3 Å². The van der Waals surface area contributed by atoms with Crippen molar-refractivity contribution in [1.82, 2.24) is 4.98 Å². The standard InChI is InChI=1S/C31H30N2O6S/c1-6-13-39-21-10-7-19(8-11-21)28(34)25-27(20-9-12-22(37-4)23(16-20)38-5)33(30(36)29(25)35)31-32-26-18(3)14-17(2)15-24(26)40-31/h7-12,14-16,27,34H,6,13H2,1-5H3/b28-25+. The molecule has 1 fully saturated rings. The lowest BCUT2D eigenvalue weighted by Crippen LogP contribution is -2.29. The molecule has 40 heavy (non-hydrogen) atoms. The van der Waals surface area contributed by atoms with Crippen LogP contribution in [0.2, 0.25) is 0 Å². The number of aliphatic hydroxyl groups is 1. The lowest BCUT2D eigenvalue weighted by atomic mass is 9.95. The summed E-state index contributed by atoms with van der Waals surface area (Å²) in [5, 5.41) is 11.9. The Hall–Kier alpha value is -4.37. The Morgan fingerprint density at radius 3 is 2.40 bits per heavy atom. The fourth-order valence-corrected chi connectivity index (χ4v) is 6.08. The second-order valence-corrected chi connectivity index (χ2v) is 10.6. The molecule has 9 heteroatoms. The van der Waals surface area contributed by atoms with Gasteiger partial charge in [0.05, 0.1) is 42.7 Å². The topological polar surface area (TPSA) is 98.2 Å². The van der Waals surface area contributed by atoms with E-state index in [4.69, 9.17) is 19.2 Å². The number of ketones is 1. The Kier molecular flexibility index (Phi) is 7.49. The number of methoxy groups -OCH3 is 2. The average Bonchev–Trinajstić information content (AvgIpc) is 3.49. The number of aryl methyl sites for hydroxylation is 2. The van der Waals surface area contributed by atoms with Gasteiger partial charge in [-0.05, 0) is 79.4 Å². The molecule has 1 unspecified atom stereocenters. The minimum Gasteiger partial charge on any atom is -0.507 e. The molecule has 1 saturated heterocycles. The monoisotopic (exact) mass is 558 g/mol. The summed E-state index contributed by atoms with van der Waals surface area (Å²) in [7, 11) is 3.04. The molecule has 8 nitrogen and oxygen atoms in total. The van der Waals surface area contributed by atoms with E-state index >= 15 is 0 Å². The van der Waals surface area contributed by atoms with Crippen LogP contribution in [0.25, 0.3) is 16.0 Å². The number of ether oxygens (including phenoxy) is 3. The molecule has 0 bridgehead atoms. The van der Waals surface area contributed by atoms with Gasteiger partial charge in [0.25, 0.3) is 5.78 Å². The number of hydrogen-bond acceptors (Lipinski definition) is 8. The van der Waals surface area contributed by atoms with Gasteiger partial charge >= 0.3 is 5.91 Å². The molecule has 4 aromatic rings. The van der Waals surface area contributed by atoms with Crippen LogP contribution in [0.1, 0.15) is 41.6 Å². The van der Waals surface area contributed by atoms with Gasteiger partial charge in [0.15, 0.2) is 16.6 Å². The molecule has 0 saturated carbocycles. The van der Waals surface area contributed by atoms with E-state index < -0.39 is 17.7 Å². The first-order valence-corrected chi connectivity index (χ1v) is 13.7. The highest BCUT2D eigenvalue weighted by Crippen LogP contribution is 2.46. The summed E-state index contributed by atoms with van der Waals surface area (Å²) >= 11 is 1.33. The number of anilines is 1. The molecule has 2 heterocycles. The van der Waals surface area contributed by atoms with Crippen LogP contribution in [0.4, 0.5) is 5.13 Å². The number of fused-ring (bicyclic) bond motifs is 1. The molecular weight excluding hydrogens is 528 g/mol. The van der Waals surface area contributed by atoms with Crippen molar-refractivity contribution in [3.05, 3.63) is 82.4 Å². The van der Waals surface area contributed by atoms with Gasteiger partial charge in [-0.3, -0.25) is 14.5 Å². The summed E-state index contributed by atoms with van der Waals surface area (Å²) in [6.45, 7) is 6.55. The average molecular weight is 559 g/mol. The summed E-state index contributed by atoms with van der Waals surface area (Å²) in [6.07, 6.45) is 0.862. The maximum atomic E-state index is 13.6. The second kappa shape index (κ2) is 11.0. The minimum absolute atomic E-state index is 0.0356. The highest BCUT2D eigenvalue weighted by Gasteiger charge is 2.48. The number of aromatic nitrogens is 1. The van der Waals surface area contributed by atoms with Crippen LogP contribution in [-0.4, -0.2) is 42.6 Å². The van der Waals surface area contributed by atoms with Gasteiger partial charge < -0.3 is 19.3 Å². The van der Waals surface area contributed by atoms with Gasteiger partial charge in [-0.25, -0.2) is 4.98 Å². The molecule has 1 amide bonds. The van der Waals surface area contributed by atoms with Crippen molar-refractivity contribution in [2.24, 2.45) is 0 Å². The molecule has 1 aliphatic rings. The first-order valence-electron chi connectivity index (χ1n) is 12.9. The Bertz CT molecular complexity index is 1640. The first-order chi connectivity index (χ1) is 19.3. The lowest BCUT2D eigenvalue weighted by molar-refractivity contribution is -0.132. The fraction of sp³-hybridized carbons (Fsp3) is 0.258. The Morgan fingerprint density at radius 1 is 1.00 bits per heavy atom. The van der Waals surface area contributed by atoms with Crippen LogP contribution in [0.5, 0.6) is 17.2 Å². The first kappa shape index (κ1) is 27.2. The number of rotatable bonds is 8. The zero-order valence-corrected chi connectivity index (χ0v) is 23.8. The number of hydrogen-bond donors (Lipinski definition) is 1. The number of amides is 1. The second-order valence-electron chi connectivity index (χ2n) is 9.58. The molecule has 1 aliphatic heterocycles. The largest absolute Gasteiger partial charge is 0.507 e. The highest BCUT2D eigenvalue weighted by molar-refractivity contribution is 7.22. The number of carbonyl (C=O) groups is 2. The molecule has 1 atom stereocenters. The van der Waals surface area contributed by atoms with Crippen molar-refractivity contribution < 1.29 is 28.9 Å².